The van der Waals surface area contributed by atoms with Gasteiger partial charge < -0.3 is 4.84 Å². The molecule has 0 saturated heterocycles. The topological polar surface area (TPSA) is 35.7 Å². The van der Waals surface area contributed by atoms with Crippen molar-refractivity contribution in [1.29, 1.82) is 0 Å². The zero-order chi connectivity index (χ0) is 4.24. The maximum atomic E-state index is 4.32. The summed E-state index contributed by atoms with van der Waals surface area (Å²) in [5.74, 6) is 0. The summed E-state index contributed by atoms with van der Waals surface area (Å²) < 4.78 is 0. The molecule has 0 atom stereocenters. The van der Waals surface area contributed by atoms with E-state index in [2.05, 4.69) is 15.5 Å². The van der Waals surface area contributed by atoms with Crippen LogP contribution in [0.5, 0.6) is 0 Å². The van der Waals surface area contributed by atoms with E-state index in [1.54, 1.807) is 12.3 Å². The van der Waals surface area contributed by atoms with E-state index in [0.717, 1.165) is 0 Å². The second kappa shape index (κ2) is 1.45. The van der Waals surface area contributed by atoms with Crippen molar-refractivity contribution in [3.8, 4) is 0 Å². The van der Waals surface area contributed by atoms with Crippen molar-refractivity contribution < 1.29 is 4.84 Å². The van der Waals surface area contributed by atoms with Crippen molar-refractivity contribution in [2.45, 2.75) is 0 Å². The summed E-state index contributed by atoms with van der Waals surface area (Å²) in [6.45, 7) is 0. The van der Waals surface area contributed by atoms with Crippen LogP contribution in [0.2, 0.25) is 0 Å². The summed E-state index contributed by atoms with van der Waals surface area (Å²) in [7, 11) is 0. The number of hydrogen-bond acceptors (Lipinski definition) is 2. The summed E-state index contributed by atoms with van der Waals surface area (Å²) in [4.78, 5) is 4.32. The highest BCUT2D eigenvalue weighted by molar-refractivity contribution is 5.70. The standard InChI is InChI=1S/C3H3N2O/c1-2-4-5-6-3-1/h1-3H. The van der Waals surface area contributed by atoms with E-state index in [1.807, 2.05) is 0 Å². The van der Waals surface area contributed by atoms with E-state index in [9.17, 15) is 0 Å². The Morgan fingerprint density at radius 1 is 1.50 bits per heavy atom. The molecule has 0 aromatic carbocycles. The molecule has 6 heavy (non-hydrogen) atoms. The average molecular weight is 83.1 g/mol. The van der Waals surface area contributed by atoms with Crippen LogP contribution in [0.1, 0.15) is 0 Å². The molecule has 0 bridgehead atoms. The van der Waals surface area contributed by atoms with Gasteiger partial charge in [0, 0.05) is 5.59 Å². The van der Waals surface area contributed by atoms with Crippen LogP contribution in [0.3, 0.4) is 0 Å². The fourth-order valence-electron chi connectivity index (χ4n) is 0.190. The number of rotatable bonds is 0. The maximum Gasteiger partial charge on any atom is 0.125 e. The molecule has 1 aliphatic rings. The molecule has 0 aromatic heterocycles. The van der Waals surface area contributed by atoms with Gasteiger partial charge in [0.05, 0.1) is 6.21 Å². The van der Waals surface area contributed by atoms with Crippen LogP contribution in [0.25, 0.3) is 0 Å². The lowest BCUT2D eigenvalue weighted by molar-refractivity contribution is 0.126. The van der Waals surface area contributed by atoms with Crippen LogP contribution in [0, 0.1) is 0 Å². The lowest BCUT2D eigenvalue weighted by Gasteiger charge is -1.90. The molecule has 3 nitrogen and oxygen atoms in total. The van der Waals surface area contributed by atoms with Gasteiger partial charge in [0.25, 0.3) is 0 Å². The normalized spacial score (nSPS) is 16.0. The van der Waals surface area contributed by atoms with Gasteiger partial charge in [0.15, 0.2) is 0 Å². The highest BCUT2D eigenvalue weighted by Gasteiger charge is 1.77. The molecule has 1 aliphatic heterocycles. The van der Waals surface area contributed by atoms with Gasteiger partial charge in [-0.15, -0.1) is 5.10 Å². The summed E-state index contributed by atoms with van der Waals surface area (Å²) >= 11 is 0. The van der Waals surface area contributed by atoms with Crippen LogP contribution < -0.4 is 5.59 Å². The first-order chi connectivity index (χ1) is 3.00. The zero-order valence-corrected chi connectivity index (χ0v) is 3.03. The van der Waals surface area contributed by atoms with Gasteiger partial charge in [0.1, 0.15) is 6.26 Å². The van der Waals surface area contributed by atoms with Crippen LogP contribution in [0.15, 0.2) is 17.4 Å². The van der Waals surface area contributed by atoms with Gasteiger partial charge in [0.2, 0.25) is 0 Å². The lowest BCUT2D eigenvalue weighted by atomic mass is 10.7. The van der Waals surface area contributed by atoms with E-state index in [0.29, 0.717) is 0 Å². The molecule has 1 radical (unpaired) electrons. The van der Waals surface area contributed by atoms with E-state index >= 15 is 0 Å². The second-order valence-corrected chi connectivity index (χ2v) is 0.780. The molecule has 0 fully saturated rings. The predicted molar refractivity (Wildman–Crippen MR) is 20.9 cm³/mol. The molecule has 31 valence electrons. The van der Waals surface area contributed by atoms with Crippen molar-refractivity contribution in [1.82, 2.24) is 5.59 Å². The van der Waals surface area contributed by atoms with Gasteiger partial charge in [-0.2, -0.15) is 0 Å². The fourth-order valence-corrected chi connectivity index (χ4v) is 0.190. The predicted octanol–water partition coefficient (Wildman–Crippen LogP) is 0.0355. The molecule has 0 aromatic rings. The Morgan fingerprint density at radius 2 is 2.50 bits per heavy atom. The molecule has 0 N–H and O–H groups in total. The Morgan fingerprint density at radius 3 is 2.67 bits per heavy atom. The van der Waals surface area contributed by atoms with Gasteiger partial charge in [-0.05, 0) is 6.08 Å². The molecule has 1 rings (SSSR count). The second-order valence-electron chi connectivity index (χ2n) is 0.780. The summed E-state index contributed by atoms with van der Waals surface area (Å²) in [5.41, 5.74) is 3.16. The monoisotopic (exact) mass is 83.0 g/mol. The number of nitrogens with zero attached hydrogens (tertiary/aromatic N) is 2. The van der Waals surface area contributed by atoms with E-state index in [4.69, 9.17) is 0 Å². The van der Waals surface area contributed by atoms with Crippen LogP contribution >= 0.6 is 0 Å². The fraction of sp³-hybridized carbons (Fsp3) is 0. The minimum atomic E-state index is 1.45. The van der Waals surface area contributed by atoms with E-state index in [-0.39, 0.29) is 0 Å². The van der Waals surface area contributed by atoms with Crippen LogP contribution in [0.4, 0.5) is 0 Å². The van der Waals surface area contributed by atoms with Crippen molar-refractivity contribution >= 4 is 6.21 Å². The summed E-state index contributed by atoms with van der Waals surface area (Å²) in [5, 5.41) is 3.37. The Hall–Kier alpha value is -0.990. The summed E-state index contributed by atoms with van der Waals surface area (Å²) in [6.07, 6.45) is 4.66. The minimum absolute atomic E-state index is 1.45. The van der Waals surface area contributed by atoms with Gasteiger partial charge in [-0.3, -0.25) is 0 Å². The molecule has 0 unspecified atom stereocenters. The van der Waals surface area contributed by atoms with Gasteiger partial charge in [-0.25, -0.2) is 0 Å². The first-order valence-electron chi connectivity index (χ1n) is 1.54. The van der Waals surface area contributed by atoms with Gasteiger partial charge >= 0.3 is 0 Å². The summed E-state index contributed by atoms with van der Waals surface area (Å²) in [6, 6.07) is 0. The molecule has 0 saturated carbocycles. The molecular weight excluding hydrogens is 80.0 g/mol. The highest BCUT2D eigenvalue weighted by Crippen LogP contribution is 1.77. The molecular formula is C3H3N2O. The first kappa shape index (κ1) is 3.21. The quantitative estimate of drug-likeness (QED) is 0.407. The third-order valence-electron chi connectivity index (χ3n) is 0.386. The molecule has 0 aliphatic carbocycles. The Labute approximate surface area is 35.3 Å². The smallest absolute Gasteiger partial charge is 0.125 e. The minimum Gasteiger partial charge on any atom is -0.347 e. The Kier molecular flexibility index (Phi) is 0.774. The Bertz CT molecular complexity index is 74.8. The number of allylic oxidation sites excluding steroid dienone is 1. The van der Waals surface area contributed by atoms with E-state index in [1.165, 1.54) is 6.26 Å². The zero-order valence-electron chi connectivity index (χ0n) is 3.03. The van der Waals surface area contributed by atoms with Crippen molar-refractivity contribution in [3.05, 3.63) is 12.3 Å². The lowest BCUT2D eigenvalue weighted by Crippen LogP contribution is -1.95. The average Bonchev–Trinajstić information content (AvgIpc) is 1.72. The molecule has 3 heteroatoms. The highest BCUT2D eigenvalue weighted by atomic mass is 16.7. The molecule has 0 spiro atoms. The van der Waals surface area contributed by atoms with E-state index < -0.39 is 0 Å². The van der Waals surface area contributed by atoms with Gasteiger partial charge in [-0.1, -0.05) is 0 Å². The van der Waals surface area contributed by atoms with Crippen LogP contribution in [-0.4, -0.2) is 6.21 Å². The van der Waals surface area contributed by atoms with Crippen molar-refractivity contribution in [3.63, 3.8) is 0 Å². The van der Waals surface area contributed by atoms with Crippen molar-refractivity contribution in [2.24, 2.45) is 5.10 Å². The third-order valence-corrected chi connectivity index (χ3v) is 0.386. The SMILES string of the molecule is C1=CO[N]N=C1. The van der Waals surface area contributed by atoms with Crippen LogP contribution in [-0.2, 0) is 4.84 Å². The third kappa shape index (κ3) is 0.484. The maximum absolute atomic E-state index is 4.32. The molecule has 1 heterocycles. The van der Waals surface area contributed by atoms with Crippen molar-refractivity contribution in [2.75, 3.05) is 0 Å². The number of hydrogen-bond donors (Lipinski definition) is 0. The first-order valence-corrected chi connectivity index (χ1v) is 1.54. The Balaban J connectivity index is 2.46. The molecule has 0 amide bonds. The largest absolute Gasteiger partial charge is 0.347 e.